The highest BCUT2D eigenvalue weighted by atomic mass is 16.5. The molecule has 0 bridgehead atoms. The lowest BCUT2D eigenvalue weighted by atomic mass is 10.2. The molecule has 17 heavy (non-hydrogen) atoms. The third-order valence-corrected chi connectivity index (χ3v) is 2.91. The lowest BCUT2D eigenvalue weighted by Gasteiger charge is -2.14. The summed E-state index contributed by atoms with van der Waals surface area (Å²) in [7, 11) is 1.41. The standard InChI is InChI=1S/C13H16N2O2/c1-4-12-14-10-7-5-6-8-11(10)15(12)9(2)13(16)17-3/h5-9H,4H2,1-3H3. The van der Waals surface area contributed by atoms with Crippen molar-refractivity contribution < 1.29 is 9.53 Å². The first-order valence-corrected chi connectivity index (χ1v) is 5.72. The fourth-order valence-electron chi connectivity index (χ4n) is 2.05. The van der Waals surface area contributed by atoms with E-state index in [9.17, 15) is 4.79 Å². The topological polar surface area (TPSA) is 44.1 Å². The zero-order valence-corrected chi connectivity index (χ0v) is 10.3. The molecule has 0 N–H and O–H groups in total. The van der Waals surface area contributed by atoms with Crippen LogP contribution >= 0.6 is 0 Å². The molecule has 2 aromatic rings. The van der Waals surface area contributed by atoms with Crippen LogP contribution in [0.3, 0.4) is 0 Å². The van der Waals surface area contributed by atoms with Crippen molar-refractivity contribution in [3.63, 3.8) is 0 Å². The predicted octanol–water partition coefficient (Wildman–Crippen LogP) is 2.33. The average molecular weight is 232 g/mol. The number of methoxy groups -OCH3 is 1. The number of aryl methyl sites for hydroxylation is 1. The lowest BCUT2D eigenvalue weighted by molar-refractivity contribution is -0.143. The van der Waals surface area contributed by atoms with Crippen LogP contribution in [0.1, 0.15) is 25.7 Å². The van der Waals surface area contributed by atoms with E-state index in [0.29, 0.717) is 0 Å². The molecule has 0 radical (unpaired) electrons. The van der Waals surface area contributed by atoms with E-state index in [1.54, 1.807) is 0 Å². The van der Waals surface area contributed by atoms with Gasteiger partial charge in [-0.2, -0.15) is 0 Å². The number of ether oxygens (including phenoxy) is 1. The second-order valence-corrected chi connectivity index (χ2v) is 3.94. The van der Waals surface area contributed by atoms with E-state index in [-0.39, 0.29) is 12.0 Å². The molecular weight excluding hydrogens is 216 g/mol. The number of esters is 1. The minimum atomic E-state index is -0.345. The Morgan fingerprint density at radius 3 is 2.82 bits per heavy atom. The van der Waals surface area contributed by atoms with Crippen LogP contribution in [-0.2, 0) is 16.0 Å². The third-order valence-electron chi connectivity index (χ3n) is 2.91. The van der Waals surface area contributed by atoms with Crippen LogP contribution in [0.4, 0.5) is 0 Å². The van der Waals surface area contributed by atoms with Gasteiger partial charge in [0.15, 0.2) is 0 Å². The normalized spacial score (nSPS) is 12.6. The first kappa shape index (κ1) is 11.6. The molecule has 0 aliphatic rings. The highest BCUT2D eigenvalue weighted by Gasteiger charge is 2.20. The summed E-state index contributed by atoms with van der Waals surface area (Å²) >= 11 is 0. The Morgan fingerprint density at radius 2 is 2.18 bits per heavy atom. The van der Waals surface area contributed by atoms with Gasteiger partial charge in [-0.1, -0.05) is 19.1 Å². The Bertz CT molecular complexity index is 545. The maximum atomic E-state index is 11.7. The third kappa shape index (κ3) is 1.90. The summed E-state index contributed by atoms with van der Waals surface area (Å²) in [5.74, 6) is 0.659. The van der Waals surface area contributed by atoms with E-state index in [1.807, 2.05) is 42.7 Å². The van der Waals surface area contributed by atoms with Gasteiger partial charge in [0.2, 0.25) is 0 Å². The van der Waals surface area contributed by atoms with Gasteiger partial charge in [0.25, 0.3) is 0 Å². The molecule has 0 saturated heterocycles. The quantitative estimate of drug-likeness (QED) is 0.763. The van der Waals surface area contributed by atoms with Crippen molar-refractivity contribution >= 4 is 17.0 Å². The lowest BCUT2D eigenvalue weighted by Crippen LogP contribution is -2.19. The SMILES string of the molecule is CCc1nc2ccccc2n1C(C)C(=O)OC. The number of hydrogen-bond acceptors (Lipinski definition) is 3. The monoisotopic (exact) mass is 232 g/mol. The van der Waals surface area contributed by atoms with Crippen molar-refractivity contribution in [2.75, 3.05) is 7.11 Å². The number of para-hydroxylation sites is 2. The van der Waals surface area contributed by atoms with Gasteiger partial charge in [-0.3, -0.25) is 0 Å². The Hall–Kier alpha value is -1.84. The van der Waals surface area contributed by atoms with Crippen LogP contribution in [0, 0.1) is 0 Å². The van der Waals surface area contributed by atoms with Gasteiger partial charge in [-0.15, -0.1) is 0 Å². The second-order valence-electron chi connectivity index (χ2n) is 3.94. The molecule has 1 unspecified atom stereocenters. The molecule has 2 rings (SSSR count). The van der Waals surface area contributed by atoms with Crippen molar-refractivity contribution in [2.45, 2.75) is 26.3 Å². The van der Waals surface area contributed by atoms with Gasteiger partial charge in [0.05, 0.1) is 18.1 Å². The summed E-state index contributed by atoms with van der Waals surface area (Å²) in [6.07, 6.45) is 0.788. The molecule has 1 aromatic heterocycles. The minimum absolute atomic E-state index is 0.247. The van der Waals surface area contributed by atoms with Gasteiger partial charge >= 0.3 is 5.97 Å². The molecule has 0 aliphatic carbocycles. The van der Waals surface area contributed by atoms with Crippen LogP contribution < -0.4 is 0 Å². The molecule has 90 valence electrons. The molecule has 1 aromatic carbocycles. The molecule has 1 heterocycles. The number of fused-ring (bicyclic) bond motifs is 1. The first-order chi connectivity index (χ1) is 8.19. The number of rotatable bonds is 3. The molecular formula is C13H16N2O2. The van der Waals surface area contributed by atoms with Gasteiger partial charge in [0, 0.05) is 6.42 Å². The minimum Gasteiger partial charge on any atom is -0.467 e. The van der Waals surface area contributed by atoms with Gasteiger partial charge in [-0.25, -0.2) is 9.78 Å². The number of carbonyl (C=O) groups is 1. The number of imidazole rings is 1. The smallest absolute Gasteiger partial charge is 0.328 e. The summed E-state index contributed by atoms with van der Waals surface area (Å²) in [5, 5.41) is 0. The number of nitrogens with zero attached hydrogens (tertiary/aromatic N) is 2. The van der Waals surface area contributed by atoms with E-state index in [4.69, 9.17) is 4.74 Å². The number of benzene rings is 1. The molecule has 0 amide bonds. The molecule has 0 saturated carbocycles. The largest absolute Gasteiger partial charge is 0.467 e. The Kier molecular flexibility index (Phi) is 3.13. The Balaban J connectivity index is 2.61. The van der Waals surface area contributed by atoms with Crippen molar-refractivity contribution in [3.05, 3.63) is 30.1 Å². The number of hydrogen-bond donors (Lipinski definition) is 0. The average Bonchev–Trinajstić information content (AvgIpc) is 2.75. The summed E-state index contributed by atoms with van der Waals surface area (Å²) in [6, 6.07) is 7.48. The molecule has 1 atom stereocenters. The molecule has 0 fully saturated rings. The first-order valence-electron chi connectivity index (χ1n) is 5.72. The summed E-state index contributed by atoms with van der Waals surface area (Å²) in [6.45, 7) is 3.86. The van der Waals surface area contributed by atoms with Crippen LogP contribution in [0.25, 0.3) is 11.0 Å². The summed E-state index contributed by atoms with van der Waals surface area (Å²) in [5.41, 5.74) is 1.89. The fourth-order valence-corrected chi connectivity index (χ4v) is 2.05. The zero-order chi connectivity index (χ0) is 12.4. The number of carbonyl (C=O) groups excluding carboxylic acids is 1. The second kappa shape index (κ2) is 4.57. The summed E-state index contributed by atoms with van der Waals surface area (Å²) < 4.78 is 6.74. The van der Waals surface area contributed by atoms with Crippen LogP contribution in [-0.4, -0.2) is 22.6 Å². The van der Waals surface area contributed by atoms with E-state index in [0.717, 1.165) is 23.3 Å². The Morgan fingerprint density at radius 1 is 1.47 bits per heavy atom. The van der Waals surface area contributed by atoms with Gasteiger partial charge in [0.1, 0.15) is 11.9 Å². The summed E-state index contributed by atoms with van der Waals surface area (Å²) in [4.78, 5) is 16.2. The molecule has 4 heteroatoms. The van der Waals surface area contributed by atoms with Crippen LogP contribution in [0.5, 0.6) is 0 Å². The maximum Gasteiger partial charge on any atom is 0.328 e. The Labute approximate surface area is 100 Å². The van der Waals surface area contributed by atoms with Crippen LogP contribution in [0.15, 0.2) is 24.3 Å². The van der Waals surface area contributed by atoms with E-state index < -0.39 is 0 Å². The van der Waals surface area contributed by atoms with Crippen molar-refractivity contribution in [1.82, 2.24) is 9.55 Å². The van der Waals surface area contributed by atoms with E-state index in [2.05, 4.69) is 4.98 Å². The van der Waals surface area contributed by atoms with Crippen molar-refractivity contribution in [3.8, 4) is 0 Å². The molecule has 0 spiro atoms. The van der Waals surface area contributed by atoms with E-state index in [1.165, 1.54) is 7.11 Å². The zero-order valence-electron chi connectivity index (χ0n) is 10.3. The maximum absolute atomic E-state index is 11.7. The molecule has 0 aliphatic heterocycles. The highest BCUT2D eigenvalue weighted by Crippen LogP contribution is 2.22. The highest BCUT2D eigenvalue weighted by molar-refractivity contribution is 5.81. The van der Waals surface area contributed by atoms with Gasteiger partial charge < -0.3 is 9.30 Å². The van der Waals surface area contributed by atoms with E-state index >= 15 is 0 Å². The van der Waals surface area contributed by atoms with Crippen LogP contribution in [0.2, 0.25) is 0 Å². The predicted molar refractivity (Wildman–Crippen MR) is 65.8 cm³/mol. The van der Waals surface area contributed by atoms with Crippen molar-refractivity contribution in [1.29, 1.82) is 0 Å². The number of aromatic nitrogens is 2. The van der Waals surface area contributed by atoms with Gasteiger partial charge in [-0.05, 0) is 19.1 Å². The fraction of sp³-hybridized carbons (Fsp3) is 0.385. The van der Waals surface area contributed by atoms with Crippen molar-refractivity contribution in [2.24, 2.45) is 0 Å². The molecule has 4 nitrogen and oxygen atoms in total.